The summed E-state index contributed by atoms with van der Waals surface area (Å²) in [6.45, 7) is 4.17. The van der Waals surface area contributed by atoms with Crippen LogP contribution in [0.4, 0.5) is 0 Å². The predicted octanol–water partition coefficient (Wildman–Crippen LogP) is 1.13. The van der Waals surface area contributed by atoms with E-state index in [9.17, 15) is 9.59 Å². The summed E-state index contributed by atoms with van der Waals surface area (Å²) in [5, 5.41) is 5.43. The van der Waals surface area contributed by atoms with Gasteiger partial charge in [0, 0.05) is 25.9 Å². The number of ether oxygens (including phenoxy) is 2. The Balaban J connectivity index is 2.51. The fraction of sp³-hybridized carbons (Fsp3) is 0.500. The number of methoxy groups -OCH3 is 2. The highest BCUT2D eigenvalue weighted by molar-refractivity contribution is 5.78. The molecular formula is C16H24N2O4. The maximum Gasteiger partial charge on any atom is 0.223 e. The van der Waals surface area contributed by atoms with Crippen LogP contribution in [0, 0.1) is 5.92 Å². The smallest absolute Gasteiger partial charge is 0.223 e. The number of benzene rings is 1. The number of rotatable bonds is 8. The highest BCUT2D eigenvalue weighted by atomic mass is 16.5. The van der Waals surface area contributed by atoms with Crippen molar-refractivity contribution in [2.45, 2.75) is 20.3 Å². The molecular weight excluding hydrogens is 284 g/mol. The van der Waals surface area contributed by atoms with E-state index in [0.717, 1.165) is 5.56 Å². The van der Waals surface area contributed by atoms with Crippen molar-refractivity contribution in [1.29, 1.82) is 0 Å². The number of nitrogens with one attached hydrogen (secondary N) is 2. The minimum Gasteiger partial charge on any atom is -0.493 e. The van der Waals surface area contributed by atoms with Crippen LogP contribution in [0.3, 0.4) is 0 Å². The van der Waals surface area contributed by atoms with E-state index in [1.54, 1.807) is 14.2 Å². The first-order valence-corrected chi connectivity index (χ1v) is 7.21. The van der Waals surface area contributed by atoms with Crippen LogP contribution in [0.15, 0.2) is 18.2 Å². The number of hydrogen-bond donors (Lipinski definition) is 2. The van der Waals surface area contributed by atoms with Crippen LogP contribution >= 0.6 is 0 Å². The van der Waals surface area contributed by atoms with Gasteiger partial charge in [0.25, 0.3) is 0 Å². The molecule has 0 bridgehead atoms. The van der Waals surface area contributed by atoms with Crippen LogP contribution in [-0.2, 0) is 16.0 Å². The van der Waals surface area contributed by atoms with Gasteiger partial charge in [-0.05, 0) is 24.1 Å². The first kappa shape index (κ1) is 17.8. The maximum absolute atomic E-state index is 12.0. The Bertz CT molecular complexity index is 517. The Labute approximate surface area is 131 Å². The summed E-state index contributed by atoms with van der Waals surface area (Å²) in [5.74, 6) is 1.00. The highest BCUT2D eigenvalue weighted by Crippen LogP contribution is 2.28. The number of carbonyl (C=O) groups is 2. The molecule has 1 aromatic carbocycles. The molecule has 2 N–H and O–H groups in total. The Hall–Kier alpha value is -2.24. The second kappa shape index (κ2) is 8.92. The van der Waals surface area contributed by atoms with Gasteiger partial charge >= 0.3 is 0 Å². The zero-order chi connectivity index (χ0) is 16.5. The van der Waals surface area contributed by atoms with Crippen molar-refractivity contribution in [3.63, 3.8) is 0 Å². The molecule has 2 amide bonds. The zero-order valence-electron chi connectivity index (χ0n) is 13.6. The zero-order valence-corrected chi connectivity index (χ0v) is 13.6. The van der Waals surface area contributed by atoms with E-state index < -0.39 is 0 Å². The summed E-state index contributed by atoms with van der Waals surface area (Å²) < 4.78 is 10.4. The molecule has 122 valence electrons. The molecule has 6 nitrogen and oxygen atoms in total. The molecule has 22 heavy (non-hydrogen) atoms. The van der Waals surface area contributed by atoms with Gasteiger partial charge in [-0.3, -0.25) is 9.59 Å². The molecule has 0 spiro atoms. The Morgan fingerprint density at radius 3 is 2.32 bits per heavy atom. The highest BCUT2D eigenvalue weighted by Gasteiger charge is 2.14. The van der Waals surface area contributed by atoms with Crippen LogP contribution in [0.5, 0.6) is 11.5 Å². The minimum absolute atomic E-state index is 0.0415. The van der Waals surface area contributed by atoms with Gasteiger partial charge in [0.15, 0.2) is 11.5 Å². The molecule has 0 aliphatic rings. The number of hydrogen-bond acceptors (Lipinski definition) is 4. The van der Waals surface area contributed by atoms with E-state index in [0.29, 0.717) is 31.0 Å². The van der Waals surface area contributed by atoms with Crippen LogP contribution in [0.25, 0.3) is 0 Å². The number of carbonyl (C=O) groups excluding carboxylic acids is 2. The molecule has 1 atom stereocenters. The first-order chi connectivity index (χ1) is 10.5. The van der Waals surface area contributed by atoms with Crippen LogP contribution < -0.4 is 20.1 Å². The lowest BCUT2D eigenvalue weighted by Gasteiger charge is -2.14. The fourth-order valence-corrected chi connectivity index (χ4v) is 2.05. The van der Waals surface area contributed by atoms with Crippen molar-refractivity contribution in [2.75, 3.05) is 27.3 Å². The Morgan fingerprint density at radius 1 is 1.09 bits per heavy atom. The fourth-order valence-electron chi connectivity index (χ4n) is 2.05. The summed E-state index contributed by atoms with van der Waals surface area (Å²) in [4.78, 5) is 22.7. The topological polar surface area (TPSA) is 76.7 Å². The van der Waals surface area contributed by atoms with Crippen molar-refractivity contribution in [2.24, 2.45) is 5.92 Å². The molecule has 0 fully saturated rings. The molecule has 0 aliphatic carbocycles. The Morgan fingerprint density at radius 2 is 1.73 bits per heavy atom. The summed E-state index contributed by atoms with van der Waals surface area (Å²) >= 11 is 0. The molecule has 0 heterocycles. The molecule has 0 radical (unpaired) electrons. The van der Waals surface area contributed by atoms with Gasteiger partial charge in [-0.15, -0.1) is 0 Å². The van der Waals surface area contributed by atoms with Crippen LogP contribution in [-0.4, -0.2) is 39.1 Å². The third-order valence-corrected chi connectivity index (χ3v) is 3.24. The van der Waals surface area contributed by atoms with Gasteiger partial charge in [-0.1, -0.05) is 13.0 Å². The van der Waals surface area contributed by atoms with Gasteiger partial charge in [0.05, 0.1) is 14.2 Å². The number of amides is 2. The monoisotopic (exact) mass is 308 g/mol. The van der Waals surface area contributed by atoms with Gasteiger partial charge in [-0.2, -0.15) is 0 Å². The third kappa shape index (κ3) is 5.63. The van der Waals surface area contributed by atoms with Crippen molar-refractivity contribution in [3.05, 3.63) is 23.8 Å². The van der Waals surface area contributed by atoms with Crippen molar-refractivity contribution >= 4 is 11.8 Å². The summed E-state index contributed by atoms with van der Waals surface area (Å²) in [5.41, 5.74) is 1.00. The lowest BCUT2D eigenvalue weighted by atomic mass is 10.00. The Kier molecular flexibility index (Phi) is 7.22. The van der Waals surface area contributed by atoms with Crippen molar-refractivity contribution in [1.82, 2.24) is 10.6 Å². The normalized spacial score (nSPS) is 11.5. The van der Waals surface area contributed by atoms with Gasteiger partial charge in [-0.25, -0.2) is 0 Å². The molecule has 1 aromatic rings. The predicted molar refractivity (Wildman–Crippen MR) is 84.1 cm³/mol. The molecule has 6 heteroatoms. The van der Waals surface area contributed by atoms with Crippen LogP contribution in [0.1, 0.15) is 19.4 Å². The van der Waals surface area contributed by atoms with Crippen molar-refractivity contribution in [3.8, 4) is 11.5 Å². The van der Waals surface area contributed by atoms with E-state index in [1.807, 2.05) is 25.1 Å². The van der Waals surface area contributed by atoms with Gasteiger partial charge in [0.2, 0.25) is 11.8 Å². The second-order valence-corrected chi connectivity index (χ2v) is 5.07. The van der Waals surface area contributed by atoms with E-state index in [-0.39, 0.29) is 17.7 Å². The van der Waals surface area contributed by atoms with Gasteiger partial charge < -0.3 is 20.1 Å². The molecule has 1 unspecified atom stereocenters. The standard InChI is InChI=1S/C16H24N2O4/c1-11(16(20)18-8-7-17-12(2)19)9-13-5-6-14(21-3)15(10-13)22-4/h5-6,10-11H,7-9H2,1-4H3,(H,17,19)(H,18,20). The minimum atomic E-state index is -0.171. The third-order valence-electron chi connectivity index (χ3n) is 3.24. The SMILES string of the molecule is COc1ccc(CC(C)C(=O)NCCNC(C)=O)cc1OC. The molecule has 1 rings (SSSR count). The first-order valence-electron chi connectivity index (χ1n) is 7.21. The lowest BCUT2D eigenvalue weighted by molar-refractivity contribution is -0.125. The van der Waals surface area contributed by atoms with E-state index in [1.165, 1.54) is 6.92 Å². The quantitative estimate of drug-likeness (QED) is 0.706. The lowest BCUT2D eigenvalue weighted by Crippen LogP contribution is -2.36. The summed E-state index contributed by atoms with van der Waals surface area (Å²) in [7, 11) is 3.17. The molecule has 0 aromatic heterocycles. The molecule has 0 aliphatic heterocycles. The van der Waals surface area contributed by atoms with E-state index in [4.69, 9.17) is 9.47 Å². The molecule has 0 saturated carbocycles. The van der Waals surface area contributed by atoms with E-state index >= 15 is 0 Å². The largest absolute Gasteiger partial charge is 0.493 e. The summed E-state index contributed by atoms with van der Waals surface area (Å²) in [6, 6.07) is 5.62. The maximum atomic E-state index is 12.0. The molecule has 0 saturated heterocycles. The average Bonchev–Trinajstić information content (AvgIpc) is 2.50. The van der Waals surface area contributed by atoms with Gasteiger partial charge in [0.1, 0.15) is 0 Å². The van der Waals surface area contributed by atoms with E-state index in [2.05, 4.69) is 10.6 Å². The second-order valence-electron chi connectivity index (χ2n) is 5.07. The van der Waals surface area contributed by atoms with Crippen molar-refractivity contribution < 1.29 is 19.1 Å². The summed E-state index contributed by atoms with van der Waals surface area (Å²) in [6.07, 6.45) is 0.603. The van der Waals surface area contributed by atoms with Crippen LogP contribution in [0.2, 0.25) is 0 Å². The average molecular weight is 308 g/mol.